The van der Waals surface area contributed by atoms with Crippen LogP contribution < -0.4 is 4.57 Å². The molecule has 2 aromatic rings. The number of ketones is 1. The minimum atomic E-state index is -0.236. The third kappa shape index (κ3) is 2.76. The van der Waals surface area contributed by atoms with Crippen LogP contribution in [0.1, 0.15) is 10.4 Å². The van der Waals surface area contributed by atoms with Crippen molar-refractivity contribution in [2.45, 2.75) is 6.54 Å². The van der Waals surface area contributed by atoms with Gasteiger partial charge in [0.2, 0.25) is 12.3 Å². The number of carbonyl (C=O) groups is 1. The second-order valence-corrected chi connectivity index (χ2v) is 3.79. The summed E-state index contributed by atoms with van der Waals surface area (Å²) in [6, 6.07) is 11.4. The normalized spacial score (nSPS) is 10.0. The fourth-order valence-corrected chi connectivity index (χ4v) is 1.57. The molecule has 0 aliphatic heterocycles. The molecule has 0 spiro atoms. The summed E-state index contributed by atoms with van der Waals surface area (Å²) in [6.07, 6.45) is 3.61. The Bertz CT molecular complexity index is 565. The highest BCUT2D eigenvalue weighted by Gasteiger charge is 2.15. The van der Waals surface area contributed by atoms with E-state index in [1.807, 2.05) is 18.2 Å². The lowest BCUT2D eigenvalue weighted by molar-refractivity contribution is -0.729. The van der Waals surface area contributed by atoms with Gasteiger partial charge >= 0.3 is 5.69 Å². The highest BCUT2D eigenvalue weighted by atomic mass is 16.6. The lowest BCUT2D eigenvalue weighted by Gasteiger charge is -1.97. The largest absolute Gasteiger partial charge is 0.316 e. The van der Waals surface area contributed by atoms with Gasteiger partial charge in [-0.2, -0.15) is 4.57 Å². The van der Waals surface area contributed by atoms with Crippen LogP contribution in [0.15, 0.2) is 54.9 Å². The number of aromatic nitrogens is 1. The van der Waals surface area contributed by atoms with Crippen molar-refractivity contribution in [1.82, 2.24) is 0 Å². The summed E-state index contributed by atoms with van der Waals surface area (Å²) >= 11 is 0. The third-order valence-corrected chi connectivity index (χ3v) is 2.51. The summed E-state index contributed by atoms with van der Waals surface area (Å²) in [6.45, 7) is 0.237. The zero-order valence-electron chi connectivity index (χ0n) is 9.56. The molecule has 0 unspecified atom stereocenters. The zero-order valence-corrected chi connectivity index (χ0v) is 9.56. The van der Waals surface area contributed by atoms with E-state index in [4.69, 9.17) is 5.21 Å². The second kappa shape index (κ2) is 5.18. The van der Waals surface area contributed by atoms with Gasteiger partial charge in [-0.25, -0.2) is 5.21 Å². The number of hydrogen-bond donors (Lipinski definition) is 1. The average Bonchev–Trinajstić information content (AvgIpc) is 2.40. The Kier molecular flexibility index (Phi) is 3.43. The highest BCUT2D eigenvalue weighted by molar-refractivity contribution is 5.95. The Morgan fingerprint density at radius 2 is 1.72 bits per heavy atom. The molecule has 0 aliphatic rings. The van der Waals surface area contributed by atoms with Gasteiger partial charge in [0.05, 0.1) is 4.91 Å². The van der Waals surface area contributed by atoms with E-state index < -0.39 is 0 Å². The average molecular weight is 244 g/mol. The van der Waals surface area contributed by atoms with Gasteiger partial charge in [-0.1, -0.05) is 6.07 Å². The molecule has 0 fully saturated rings. The molecule has 5 nitrogen and oxygen atoms in total. The van der Waals surface area contributed by atoms with Crippen molar-refractivity contribution in [3.63, 3.8) is 0 Å². The van der Waals surface area contributed by atoms with Crippen LogP contribution in [0.4, 0.5) is 5.69 Å². The van der Waals surface area contributed by atoms with Crippen LogP contribution in [0.3, 0.4) is 0 Å². The van der Waals surface area contributed by atoms with Crippen molar-refractivity contribution < 1.29 is 19.5 Å². The van der Waals surface area contributed by atoms with Crippen molar-refractivity contribution >= 4 is 11.5 Å². The predicted octanol–water partition coefficient (Wildman–Crippen LogP) is 1.66. The molecule has 1 N–H and O–H groups in total. The van der Waals surface area contributed by atoms with E-state index in [0.29, 0.717) is 5.56 Å². The Labute approximate surface area is 103 Å². The van der Waals surface area contributed by atoms with Crippen LogP contribution in [-0.4, -0.2) is 15.9 Å². The maximum Gasteiger partial charge on any atom is 0.316 e. The molecule has 0 saturated heterocycles. The predicted molar refractivity (Wildman–Crippen MR) is 62.5 cm³/mol. The van der Waals surface area contributed by atoms with Crippen molar-refractivity contribution in [2.24, 2.45) is 0 Å². The Balaban J connectivity index is 2.12. The van der Waals surface area contributed by atoms with Crippen molar-refractivity contribution in [2.75, 3.05) is 0 Å². The molecule has 1 aromatic heterocycles. The van der Waals surface area contributed by atoms with Gasteiger partial charge in [0, 0.05) is 29.8 Å². The standard InChI is InChI=1S/C13H12N2O3/c16-13(10-14-8-2-1-3-9-14)11-4-6-12(7-5-11)15(17)18/h1-9H,10H2,(H,17,18)/q+2. The van der Waals surface area contributed by atoms with Gasteiger partial charge in [0.15, 0.2) is 12.4 Å². The lowest BCUT2D eigenvalue weighted by atomic mass is 10.1. The molecule has 0 bridgehead atoms. The van der Waals surface area contributed by atoms with E-state index in [2.05, 4.69) is 0 Å². The maximum absolute atomic E-state index is 11.9. The minimum Gasteiger partial charge on any atom is -0.287 e. The van der Waals surface area contributed by atoms with Crippen molar-refractivity contribution in [3.05, 3.63) is 65.3 Å². The van der Waals surface area contributed by atoms with Crippen LogP contribution in [0.2, 0.25) is 0 Å². The molecular weight excluding hydrogens is 232 g/mol. The van der Waals surface area contributed by atoms with E-state index in [0.717, 1.165) is 0 Å². The number of hydrogen-bond acceptors (Lipinski definition) is 2. The summed E-state index contributed by atoms with van der Waals surface area (Å²) in [5.74, 6) is -0.0619. The fraction of sp³-hybridized carbons (Fsp3) is 0.0769. The molecule has 0 radical (unpaired) electrons. The molecule has 0 amide bonds. The zero-order chi connectivity index (χ0) is 13.0. The Hall–Kier alpha value is -2.56. The topological polar surface area (TPSA) is 61.3 Å². The van der Waals surface area contributed by atoms with Gasteiger partial charge in [0.25, 0.3) is 4.92 Å². The van der Waals surface area contributed by atoms with Crippen LogP contribution in [0.5, 0.6) is 0 Å². The first kappa shape index (κ1) is 11.9. The van der Waals surface area contributed by atoms with Crippen LogP contribution in [0, 0.1) is 4.91 Å². The lowest BCUT2D eigenvalue weighted by Crippen LogP contribution is -2.36. The van der Waals surface area contributed by atoms with Gasteiger partial charge in [-0.05, 0) is 12.1 Å². The molecule has 2 rings (SSSR count). The molecule has 0 atom stereocenters. The first-order valence-electron chi connectivity index (χ1n) is 5.40. The van der Waals surface area contributed by atoms with Crippen molar-refractivity contribution in [3.8, 4) is 0 Å². The second-order valence-electron chi connectivity index (χ2n) is 3.79. The molecule has 0 aliphatic carbocycles. The number of benzene rings is 1. The van der Waals surface area contributed by atoms with E-state index in [1.165, 1.54) is 24.3 Å². The van der Waals surface area contributed by atoms with Gasteiger partial charge in [0.1, 0.15) is 0 Å². The SMILES string of the molecule is O=C(C[n+]1ccccc1)c1ccc([N+](=O)O)cc1. The minimum absolute atomic E-state index is 0.0619. The molecule has 0 saturated carbocycles. The van der Waals surface area contributed by atoms with Gasteiger partial charge in [-0.3, -0.25) is 4.79 Å². The first-order chi connectivity index (χ1) is 8.66. The van der Waals surface area contributed by atoms with E-state index in [9.17, 15) is 9.70 Å². The number of nitrogens with zero attached hydrogens (tertiary/aromatic N) is 2. The quantitative estimate of drug-likeness (QED) is 0.505. The number of carbonyl (C=O) groups excluding carboxylic acids is 1. The fourth-order valence-electron chi connectivity index (χ4n) is 1.57. The Morgan fingerprint density at radius 1 is 1.11 bits per heavy atom. The summed E-state index contributed by atoms with van der Waals surface area (Å²) in [7, 11) is 0. The van der Waals surface area contributed by atoms with Crippen LogP contribution >= 0.6 is 0 Å². The molecular formula is C13H12N2O3+2. The van der Waals surface area contributed by atoms with Gasteiger partial charge in [-0.15, -0.1) is 0 Å². The number of Topliss-reactive ketones (excluding diaryl/α,β-unsaturated/α-hetero) is 1. The molecule has 18 heavy (non-hydrogen) atoms. The third-order valence-electron chi connectivity index (χ3n) is 2.51. The maximum atomic E-state index is 11.9. The highest BCUT2D eigenvalue weighted by Crippen LogP contribution is 2.11. The summed E-state index contributed by atoms with van der Waals surface area (Å²) < 4.78 is 1.77. The number of pyridine rings is 1. The molecule has 5 heteroatoms. The number of rotatable bonds is 4. The summed E-state index contributed by atoms with van der Waals surface area (Å²) in [5.41, 5.74) is 0.593. The van der Waals surface area contributed by atoms with Crippen LogP contribution in [-0.2, 0) is 6.54 Å². The monoisotopic (exact) mass is 244 g/mol. The summed E-state index contributed by atoms with van der Waals surface area (Å²) in [5, 5.41) is 8.68. The summed E-state index contributed by atoms with van der Waals surface area (Å²) in [4.78, 5) is 22.3. The molecule has 1 aromatic carbocycles. The van der Waals surface area contributed by atoms with Crippen molar-refractivity contribution in [1.29, 1.82) is 0 Å². The van der Waals surface area contributed by atoms with Gasteiger partial charge < -0.3 is 0 Å². The smallest absolute Gasteiger partial charge is 0.287 e. The van der Waals surface area contributed by atoms with Crippen LogP contribution in [0.25, 0.3) is 0 Å². The Morgan fingerprint density at radius 3 is 2.28 bits per heavy atom. The van der Waals surface area contributed by atoms with E-state index in [-0.39, 0.29) is 22.9 Å². The first-order valence-corrected chi connectivity index (χ1v) is 5.40. The molecule has 1 heterocycles. The molecule has 90 valence electrons. The van der Waals surface area contributed by atoms with E-state index >= 15 is 0 Å². The van der Waals surface area contributed by atoms with E-state index in [1.54, 1.807) is 17.0 Å².